The van der Waals surface area contributed by atoms with Crippen LogP contribution in [0, 0.1) is 0 Å². The van der Waals surface area contributed by atoms with Gasteiger partial charge in [0, 0.05) is 26.0 Å². The summed E-state index contributed by atoms with van der Waals surface area (Å²) in [6.07, 6.45) is 0.113. The predicted octanol–water partition coefficient (Wildman–Crippen LogP) is 3.78. The summed E-state index contributed by atoms with van der Waals surface area (Å²) in [5, 5.41) is 12.5. The highest BCUT2D eigenvalue weighted by Gasteiger charge is 2.51. The lowest BCUT2D eigenvalue weighted by Gasteiger charge is -2.33. The van der Waals surface area contributed by atoms with Gasteiger partial charge in [-0.15, -0.1) is 0 Å². The molecule has 3 atom stereocenters. The summed E-state index contributed by atoms with van der Waals surface area (Å²) >= 11 is 0. The number of nitrogens with one attached hydrogen (secondary N) is 1. The Bertz CT molecular complexity index is 1070. The van der Waals surface area contributed by atoms with Gasteiger partial charge in [0.2, 0.25) is 5.91 Å². The van der Waals surface area contributed by atoms with Gasteiger partial charge >= 0.3 is 12.1 Å². The van der Waals surface area contributed by atoms with Gasteiger partial charge in [-0.05, 0) is 35.6 Å². The molecule has 0 bridgehead atoms. The summed E-state index contributed by atoms with van der Waals surface area (Å²) in [6, 6.07) is 15.2. The minimum Gasteiger partial charge on any atom is -0.480 e. The SMILES string of the molecule is CCC[C@@H](NC(=O)OCC1c2ccccc2-c2ccccc21)C(=O)N1CC(OC)CC1(C)C(=O)O. The van der Waals surface area contributed by atoms with Crippen LogP contribution in [0.5, 0.6) is 0 Å². The Labute approximate surface area is 205 Å². The van der Waals surface area contributed by atoms with E-state index in [0.29, 0.717) is 12.8 Å². The second-order valence-electron chi connectivity index (χ2n) is 9.40. The van der Waals surface area contributed by atoms with E-state index in [1.54, 1.807) is 0 Å². The molecule has 0 radical (unpaired) electrons. The highest BCUT2D eigenvalue weighted by molar-refractivity contribution is 5.92. The topological polar surface area (TPSA) is 105 Å². The zero-order chi connectivity index (χ0) is 25.2. The van der Waals surface area contributed by atoms with Gasteiger partial charge in [0.25, 0.3) is 0 Å². The number of methoxy groups -OCH3 is 1. The summed E-state index contributed by atoms with van der Waals surface area (Å²) in [6.45, 7) is 3.71. The van der Waals surface area contributed by atoms with Gasteiger partial charge in [0.05, 0.1) is 6.10 Å². The molecule has 0 aromatic heterocycles. The standard InChI is InChI=1S/C27H32N2O6/c1-4-9-23(24(30)29-15-17(34-3)14-27(29,2)25(31)32)28-26(33)35-16-22-20-12-7-5-10-18(20)19-11-6-8-13-21(19)22/h5-8,10-13,17,22-23H,4,9,14-16H2,1-3H3,(H,28,33)(H,31,32)/t17?,23-,27?/m1/s1. The van der Waals surface area contributed by atoms with E-state index in [9.17, 15) is 19.5 Å². The van der Waals surface area contributed by atoms with Crippen molar-refractivity contribution >= 4 is 18.0 Å². The Morgan fingerprint density at radius 3 is 2.26 bits per heavy atom. The molecule has 2 amide bonds. The highest BCUT2D eigenvalue weighted by atomic mass is 16.5. The highest BCUT2D eigenvalue weighted by Crippen LogP contribution is 2.44. The van der Waals surface area contributed by atoms with Gasteiger partial charge in [-0.1, -0.05) is 61.9 Å². The molecule has 1 aliphatic carbocycles. The number of fused-ring (bicyclic) bond motifs is 3. The maximum absolute atomic E-state index is 13.4. The van der Waals surface area contributed by atoms with Crippen LogP contribution in [0.25, 0.3) is 11.1 Å². The molecule has 1 fully saturated rings. The van der Waals surface area contributed by atoms with Crippen molar-refractivity contribution < 1.29 is 29.0 Å². The molecule has 2 N–H and O–H groups in total. The number of nitrogens with zero attached hydrogens (tertiary/aromatic N) is 1. The van der Waals surface area contributed by atoms with E-state index in [4.69, 9.17) is 9.47 Å². The lowest BCUT2D eigenvalue weighted by Crippen LogP contribution is -2.57. The third kappa shape index (κ3) is 4.62. The fourth-order valence-corrected chi connectivity index (χ4v) is 5.23. The normalized spacial score (nSPS) is 21.8. The number of hydrogen-bond acceptors (Lipinski definition) is 5. The maximum Gasteiger partial charge on any atom is 0.407 e. The van der Waals surface area contributed by atoms with E-state index in [1.807, 2.05) is 43.3 Å². The smallest absolute Gasteiger partial charge is 0.407 e. The number of alkyl carbamates (subject to hydrolysis) is 1. The van der Waals surface area contributed by atoms with Crippen molar-refractivity contribution in [3.05, 3.63) is 59.7 Å². The molecular weight excluding hydrogens is 448 g/mol. The van der Waals surface area contributed by atoms with E-state index in [2.05, 4.69) is 17.4 Å². The van der Waals surface area contributed by atoms with Crippen LogP contribution < -0.4 is 5.32 Å². The van der Waals surface area contributed by atoms with Gasteiger partial charge in [0.1, 0.15) is 18.2 Å². The van der Waals surface area contributed by atoms with Crippen LogP contribution >= 0.6 is 0 Å². The third-order valence-electron chi connectivity index (χ3n) is 7.18. The first-order valence-electron chi connectivity index (χ1n) is 12.0. The molecule has 8 nitrogen and oxygen atoms in total. The molecule has 2 unspecified atom stereocenters. The quantitative estimate of drug-likeness (QED) is 0.596. The summed E-state index contributed by atoms with van der Waals surface area (Å²) in [5.41, 5.74) is 3.06. The Hall–Kier alpha value is -3.39. The van der Waals surface area contributed by atoms with Crippen LogP contribution in [0.4, 0.5) is 4.79 Å². The molecular formula is C27H32N2O6. The van der Waals surface area contributed by atoms with Crippen LogP contribution in [0.15, 0.2) is 48.5 Å². The van der Waals surface area contributed by atoms with E-state index >= 15 is 0 Å². The summed E-state index contributed by atoms with van der Waals surface area (Å²) in [4.78, 5) is 39.5. The fraction of sp³-hybridized carbons (Fsp3) is 0.444. The van der Waals surface area contributed by atoms with Crippen molar-refractivity contribution in [1.82, 2.24) is 10.2 Å². The summed E-state index contributed by atoms with van der Waals surface area (Å²) in [5.74, 6) is -1.63. The van der Waals surface area contributed by atoms with E-state index in [-0.39, 0.29) is 31.6 Å². The number of carboxylic acid groups (broad SMARTS) is 1. The molecule has 1 aliphatic heterocycles. The first-order valence-corrected chi connectivity index (χ1v) is 12.0. The fourth-order valence-electron chi connectivity index (χ4n) is 5.23. The van der Waals surface area contributed by atoms with Crippen molar-refractivity contribution in [2.45, 2.75) is 56.7 Å². The average Bonchev–Trinajstić information content (AvgIpc) is 3.38. The van der Waals surface area contributed by atoms with Crippen molar-refractivity contribution in [2.24, 2.45) is 0 Å². The third-order valence-corrected chi connectivity index (χ3v) is 7.18. The van der Waals surface area contributed by atoms with Crippen molar-refractivity contribution in [2.75, 3.05) is 20.3 Å². The number of benzene rings is 2. The zero-order valence-electron chi connectivity index (χ0n) is 20.3. The molecule has 1 heterocycles. The summed E-state index contributed by atoms with van der Waals surface area (Å²) < 4.78 is 11.0. The average molecular weight is 481 g/mol. The van der Waals surface area contributed by atoms with Crippen LogP contribution in [0.3, 0.4) is 0 Å². The number of ether oxygens (including phenoxy) is 2. The Morgan fingerprint density at radius 1 is 1.11 bits per heavy atom. The zero-order valence-corrected chi connectivity index (χ0v) is 20.3. The number of carboxylic acids is 1. The lowest BCUT2D eigenvalue weighted by molar-refractivity contribution is -0.156. The van der Waals surface area contributed by atoms with Crippen molar-refractivity contribution in [3.63, 3.8) is 0 Å². The maximum atomic E-state index is 13.4. The van der Waals surface area contributed by atoms with Crippen LogP contribution in [-0.4, -0.2) is 65.9 Å². The number of aliphatic carboxylic acids is 1. The van der Waals surface area contributed by atoms with E-state index in [0.717, 1.165) is 22.3 Å². The number of amides is 2. The minimum absolute atomic E-state index is 0.0928. The summed E-state index contributed by atoms with van der Waals surface area (Å²) in [7, 11) is 1.50. The largest absolute Gasteiger partial charge is 0.480 e. The molecule has 2 aromatic carbocycles. The molecule has 35 heavy (non-hydrogen) atoms. The van der Waals surface area contributed by atoms with Crippen LogP contribution in [0.1, 0.15) is 50.2 Å². The van der Waals surface area contributed by atoms with E-state index in [1.165, 1.54) is 18.9 Å². The molecule has 2 aromatic rings. The molecule has 0 saturated carbocycles. The number of carbonyl (C=O) groups excluding carboxylic acids is 2. The Balaban J connectivity index is 1.45. The van der Waals surface area contributed by atoms with E-state index < -0.39 is 29.6 Å². The number of hydrogen-bond donors (Lipinski definition) is 2. The van der Waals surface area contributed by atoms with Gasteiger partial charge in [0.15, 0.2) is 0 Å². The molecule has 0 spiro atoms. The van der Waals surface area contributed by atoms with Gasteiger partial charge < -0.3 is 24.8 Å². The number of carbonyl (C=O) groups is 3. The second-order valence-corrected chi connectivity index (χ2v) is 9.40. The first kappa shape index (κ1) is 24.7. The van der Waals surface area contributed by atoms with Crippen molar-refractivity contribution in [1.29, 1.82) is 0 Å². The number of likely N-dealkylation sites (tertiary alicyclic amines) is 1. The first-order chi connectivity index (χ1) is 16.8. The van der Waals surface area contributed by atoms with Crippen LogP contribution in [-0.2, 0) is 19.1 Å². The Kier molecular flexibility index (Phi) is 7.12. The van der Waals surface area contributed by atoms with Gasteiger partial charge in [-0.3, -0.25) is 4.79 Å². The molecule has 186 valence electrons. The molecule has 2 aliphatic rings. The minimum atomic E-state index is -1.40. The monoisotopic (exact) mass is 480 g/mol. The van der Waals surface area contributed by atoms with Gasteiger partial charge in [-0.2, -0.15) is 0 Å². The molecule has 1 saturated heterocycles. The van der Waals surface area contributed by atoms with Crippen molar-refractivity contribution in [3.8, 4) is 11.1 Å². The van der Waals surface area contributed by atoms with Gasteiger partial charge in [-0.25, -0.2) is 9.59 Å². The lowest BCUT2D eigenvalue weighted by atomic mass is 9.97. The molecule has 8 heteroatoms. The second kappa shape index (κ2) is 10.1. The predicted molar refractivity (Wildman–Crippen MR) is 130 cm³/mol. The number of rotatable bonds is 8. The van der Waals surface area contributed by atoms with Crippen LogP contribution in [0.2, 0.25) is 0 Å². The Morgan fingerprint density at radius 2 is 1.71 bits per heavy atom. The molecule has 4 rings (SSSR count).